The quantitative estimate of drug-likeness (QED) is 0.865. The van der Waals surface area contributed by atoms with E-state index in [2.05, 4.69) is 10.3 Å². The van der Waals surface area contributed by atoms with Crippen LogP contribution >= 0.6 is 0 Å². The molecule has 7 nitrogen and oxygen atoms in total. The van der Waals surface area contributed by atoms with E-state index in [4.69, 9.17) is 14.6 Å². The number of benzene rings is 1. The van der Waals surface area contributed by atoms with Gasteiger partial charge in [0.15, 0.2) is 5.75 Å². The van der Waals surface area contributed by atoms with Gasteiger partial charge in [0.2, 0.25) is 0 Å². The molecule has 1 aromatic heterocycles. The fourth-order valence-corrected chi connectivity index (χ4v) is 2.28. The number of carboxylic acid groups (broad SMARTS) is 1. The van der Waals surface area contributed by atoms with Gasteiger partial charge in [0.1, 0.15) is 19.0 Å². The molecule has 2 aromatic rings. The van der Waals surface area contributed by atoms with Crippen LogP contribution in [0.25, 0.3) is 0 Å². The number of nitrogens with zero attached hydrogens (tertiary/aromatic N) is 1. The topological polar surface area (TPSA) is 97.8 Å². The summed E-state index contributed by atoms with van der Waals surface area (Å²) in [5, 5.41) is 11.5. The second kappa shape index (κ2) is 6.54. The molecule has 0 saturated heterocycles. The monoisotopic (exact) mass is 368 g/mol. The van der Waals surface area contributed by atoms with Crippen molar-refractivity contribution in [2.45, 2.75) is 6.18 Å². The SMILES string of the molecule is O=C(O)c1cc(C(F)(F)F)ccc1C(=O)Nc1ccc2c(n1)OCCO2. The zero-order valence-corrected chi connectivity index (χ0v) is 13.0. The van der Waals surface area contributed by atoms with Crippen molar-refractivity contribution in [3.8, 4) is 11.6 Å². The smallest absolute Gasteiger partial charge is 0.416 e. The predicted molar refractivity (Wildman–Crippen MR) is 81.6 cm³/mol. The fraction of sp³-hybridized carbons (Fsp3) is 0.188. The maximum atomic E-state index is 12.7. The van der Waals surface area contributed by atoms with Crippen LogP contribution in [0.5, 0.6) is 11.6 Å². The van der Waals surface area contributed by atoms with E-state index in [-0.39, 0.29) is 18.3 Å². The highest BCUT2D eigenvalue weighted by molar-refractivity contribution is 6.10. The molecule has 0 atom stereocenters. The number of amides is 1. The molecule has 0 spiro atoms. The molecule has 1 aliphatic rings. The number of hydrogen-bond acceptors (Lipinski definition) is 5. The number of carbonyl (C=O) groups excluding carboxylic acids is 1. The number of carboxylic acids is 1. The highest BCUT2D eigenvalue weighted by Gasteiger charge is 2.32. The van der Waals surface area contributed by atoms with Crippen LogP contribution in [0.3, 0.4) is 0 Å². The van der Waals surface area contributed by atoms with Gasteiger partial charge in [-0.05, 0) is 30.3 Å². The first-order valence-electron chi connectivity index (χ1n) is 7.28. The first-order valence-corrected chi connectivity index (χ1v) is 7.28. The third-order valence-electron chi connectivity index (χ3n) is 3.47. The number of alkyl halides is 3. The Balaban J connectivity index is 1.89. The normalized spacial score (nSPS) is 13.2. The van der Waals surface area contributed by atoms with Gasteiger partial charge in [-0.15, -0.1) is 0 Å². The largest absolute Gasteiger partial charge is 0.484 e. The Morgan fingerprint density at radius 1 is 1.08 bits per heavy atom. The highest BCUT2D eigenvalue weighted by atomic mass is 19.4. The van der Waals surface area contributed by atoms with Crippen LogP contribution in [-0.2, 0) is 6.18 Å². The Kier molecular flexibility index (Phi) is 4.41. The molecular weight excluding hydrogens is 357 g/mol. The second-order valence-electron chi connectivity index (χ2n) is 5.21. The Hall–Kier alpha value is -3.30. The summed E-state index contributed by atoms with van der Waals surface area (Å²) >= 11 is 0. The van der Waals surface area contributed by atoms with Gasteiger partial charge in [0.05, 0.1) is 16.7 Å². The van der Waals surface area contributed by atoms with Gasteiger partial charge in [-0.25, -0.2) is 4.79 Å². The van der Waals surface area contributed by atoms with Gasteiger partial charge in [-0.1, -0.05) is 0 Å². The van der Waals surface area contributed by atoms with Crippen molar-refractivity contribution in [2.75, 3.05) is 18.5 Å². The van der Waals surface area contributed by atoms with Gasteiger partial charge < -0.3 is 19.9 Å². The lowest BCUT2D eigenvalue weighted by Crippen LogP contribution is -2.20. The van der Waals surface area contributed by atoms with E-state index in [1.165, 1.54) is 12.1 Å². The van der Waals surface area contributed by atoms with Crippen LogP contribution in [-0.4, -0.2) is 35.2 Å². The van der Waals surface area contributed by atoms with Gasteiger partial charge >= 0.3 is 12.1 Å². The Morgan fingerprint density at radius 3 is 2.50 bits per heavy atom. The Labute approximate surface area is 144 Å². The number of hydrogen-bond donors (Lipinski definition) is 2. The maximum absolute atomic E-state index is 12.7. The number of halogens is 3. The van der Waals surface area contributed by atoms with Crippen LogP contribution in [0.1, 0.15) is 26.3 Å². The van der Waals surface area contributed by atoms with Crippen molar-refractivity contribution >= 4 is 17.7 Å². The number of pyridine rings is 1. The van der Waals surface area contributed by atoms with Crippen LogP contribution in [0.15, 0.2) is 30.3 Å². The lowest BCUT2D eigenvalue weighted by molar-refractivity contribution is -0.137. The summed E-state index contributed by atoms with van der Waals surface area (Å²) in [6, 6.07) is 4.75. The molecule has 0 unspecified atom stereocenters. The molecule has 0 saturated carbocycles. The molecule has 1 amide bonds. The van der Waals surface area contributed by atoms with Crippen molar-refractivity contribution in [1.82, 2.24) is 4.98 Å². The Morgan fingerprint density at radius 2 is 1.81 bits per heavy atom. The number of carbonyl (C=O) groups is 2. The molecule has 1 aliphatic heterocycles. The van der Waals surface area contributed by atoms with Gasteiger partial charge in [-0.2, -0.15) is 18.2 Å². The number of fused-ring (bicyclic) bond motifs is 1. The zero-order chi connectivity index (χ0) is 18.9. The molecule has 0 fully saturated rings. The molecule has 1 aromatic carbocycles. The van der Waals surface area contributed by atoms with Crippen molar-refractivity contribution in [2.24, 2.45) is 0 Å². The van der Waals surface area contributed by atoms with E-state index in [0.29, 0.717) is 24.5 Å². The lowest BCUT2D eigenvalue weighted by atomic mass is 10.0. The van der Waals surface area contributed by atoms with E-state index < -0.39 is 34.7 Å². The predicted octanol–water partition coefficient (Wildman–Crippen LogP) is 2.82. The van der Waals surface area contributed by atoms with E-state index in [0.717, 1.165) is 6.07 Å². The van der Waals surface area contributed by atoms with Crippen molar-refractivity contribution in [3.63, 3.8) is 0 Å². The summed E-state index contributed by atoms with van der Waals surface area (Å²) < 4.78 is 48.8. The van der Waals surface area contributed by atoms with E-state index in [1.54, 1.807) is 0 Å². The van der Waals surface area contributed by atoms with E-state index >= 15 is 0 Å². The number of aromatic carboxylic acids is 1. The summed E-state index contributed by atoms with van der Waals surface area (Å²) in [6.07, 6.45) is -4.73. The number of rotatable bonds is 3. The van der Waals surface area contributed by atoms with Crippen LogP contribution in [0.2, 0.25) is 0 Å². The Bertz CT molecular complexity index is 883. The molecule has 2 N–H and O–H groups in total. The number of nitrogens with one attached hydrogen (secondary N) is 1. The number of ether oxygens (including phenoxy) is 2. The third kappa shape index (κ3) is 3.53. The van der Waals surface area contributed by atoms with Gasteiger partial charge in [0.25, 0.3) is 11.8 Å². The molecule has 136 valence electrons. The maximum Gasteiger partial charge on any atom is 0.416 e. The average molecular weight is 368 g/mol. The molecule has 0 aliphatic carbocycles. The molecule has 0 radical (unpaired) electrons. The molecule has 2 heterocycles. The van der Waals surface area contributed by atoms with Gasteiger partial charge in [-0.3, -0.25) is 4.79 Å². The molecule has 0 bridgehead atoms. The zero-order valence-electron chi connectivity index (χ0n) is 13.0. The lowest BCUT2D eigenvalue weighted by Gasteiger charge is -2.17. The first kappa shape index (κ1) is 17.5. The van der Waals surface area contributed by atoms with Crippen LogP contribution < -0.4 is 14.8 Å². The summed E-state index contributed by atoms with van der Waals surface area (Å²) in [6.45, 7) is 0.632. The standard InChI is InChI=1S/C16H11F3N2O5/c17-16(18,19)8-1-2-9(10(7-8)15(23)24)13(22)20-12-4-3-11-14(21-12)26-6-5-25-11/h1-4,7H,5-6H2,(H,23,24)(H,20,21,22). The summed E-state index contributed by atoms with van der Waals surface area (Å²) in [5.41, 5.74) is -2.36. The molecule has 26 heavy (non-hydrogen) atoms. The first-order chi connectivity index (χ1) is 12.3. The van der Waals surface area contributed by atoms with Crippen molar-refractivity contribution < 1.29 is 37.3 Å². The summed E-state index contributed by atoms with van der Waals surface area (Å²) in [7, 11) is 0. The number of aromatic nitrogens is 1. The van der Waals surface area contributed by atoms with Crippen LogP contribution in [0, 0.1) is 0 Å². The van der Waals surface area contributed by atoms with E-state index in [1.807, 2.05) is 0 Å². The summed E-state index contributed by atoms with van der Waals surface area (Å²) in [5.74, 6) is -2.00. The fourth-order valence-electron chi connectivity index (χ4n) is 2.28. The van der Waals surface area contributed by atoms with Crippen molar-refractivity contribution in [1.29, 1.82) is 0 Å². The minimum atomic E-state index is -4.73. The van der Waals surface area contributed by atoms with Gasteiger partial charge in [0, 0.05) is 0 Å². The average Bonchev–Trinajstić information content (AvgIpc) is 2.60. The van der Waals surface area contributed by atoms with Crippen molar-refractivity contribution in [3.05, 3.63) is 47.0 Å². The molecule has 10 heteroatoms. The number of anilines is 1. The molecule has 3 rings (SSSR count). The minimum Gasteiger partial charge on any atom is -0.484 e. The third-order valence-corrected chi connectivity index (χ3v) is 3.47. The van der Waals surface area contributed by atoms with E-state index in [9.17, 15) is 22.8 Å². The summed E-state index contributed by atoms with van der Waals surface area (Å²) in [4.78, 5) is 27.6. The molecular formula is C16H11F3N2O5. The second-order valence-corrected chi connectivity index (χ2v) is 5.21. The highest BCUT2D eigenvalue weighted by Crippen LogP contribution is 2.31. The minimum absolute atomic E-state index is 0.0375. The van der Waals surface area contributed by atoms with Crippen LogP contribution in [0.4, 0.5) is 19.0 Å².